The monoisotopic (exact) mass is 250 g/mol. The van der Waals surface area contributed by atoms with Gasteiger partial charge in [0.2, 0.25) is 0 Å². The predicted octanol–water partition coefficient (Wildman–Crippen LogP) is 2.41. The summed E-state index contributed by atoms with van der Waals surface area (Å²) in [4.78, 5) is 0. The highest BCUT2D eigenvalue weighted by atomic mass is 35.5. The Kier molecular flexibility index (Phi) is 2.99. The summed E-state index contributed by atoms with van der Waals surface area (Å²) in [6.07, 6.45) is 5.20. The molecule has 0 amide bonds. The van der Waals surface area contributed by atoms with Gasteiger partial charge in [-0.25, -0.2) is 0 Å². The van der Waals surface area contributed by atoms with Crippen LogP contribution in [0.1, 0.15) is 31.5 Å². The SMILES string of the molecule is Clc1cccc2nnc(CNC3CCCC3)n12. The summed E-state index contributed by atoms with van der Waals surface area (Å²) in [7, 11) is 0. The fraction of sp³-hybridized carbons (Fsp3) is 0.500. The molecular formula is C12H15ClN4. The Morgan fingerprint density at radius 3 is 2.94 bits per heavy atom. The third-order valence-corrected chi connectivity index (χ3v) is 3.65. The quantitative estimate of drug-likeness (QED) is 0.851. The average Bonchev–Trinajstić information content (AvgIpc) is 2.95. The lowest BCUT2D eigenvalue weighted by Crippen LogP contribution is -2.26. The van der Waals surface area contributed by atoms with Crippen LogP contribution in [0.15, 0.2) is 18.2 Å². The smallest absolute Gasteiger partial charge is 0.161 e. The highest BCUT2D eigenvalue weighted by molar-refractivity contribution is 6.29. The van der Waals surface area contributed by atoms with E-state index in [2.05, 4.69) is 15.5 Å². The summed E-state index contributed by atoms with van der Waals surface area (Å²) >= 11 is 6.15. The third kappa shape index (κ3) is 2.15. The molecule has 90 valence electrons. The molecule has 0 atom stereocenters. The van der Waals surface area contributed by atoms with E-state index in [9.17, 15) is 0 Å². The van der Waals surface area contributed by atoms with Crippen molar-refractivity contribution in [3.05, 3.63) is 29.2 Å². The Morgan fingerprint density at radius 2 is 2.12 bits per heavy atom. The predicted molar refractivity (Wildman–Crippen MR) is 67.1 cm³/mol. The zero-order valence-corrected chi connectivity index (χ0v) is 10.3. The largest absolute Gasteiger partial charge is 0.307 e. The summed E-state index contributed by atoms with van der Waals surface area (Å²) in [6.45, 7) is 0.732. The van der Waals surface area contributed by atoms with Gasteiger partial charge in [-0.15, -0.1) is 10.2 Å². The number of hydrogen-bond donors (Lipinski definition) is 1. The third-order valence-electron chi connectivity index (χ3n) is 3.35. The molecule has 5 heteroatoms. The van der Waals surface area contributed by atoms with E-state index in [4.69, 9.17) is 11.6 Å². The molecule has 0 spiro atoms. The Bertz CT molecular complexity index is 516. The Labute approximate surface area is 105 Å². The zero-order valence-electron chi connectivity index (χ0n) is 9.56. The van der Waals surface area contributed by atoms with Gasteiger partial charge in [0, 0.05) is 6.04 Å². The van der Waals surface area contributed by atoms with E-state index in [1.165, 1.54) is 25.7 Å². The molecule has 1 saturated carbocycles. The van der Waals surface area contributed by atoms with Crippen molar-refractivity contribution in [2.24, 2.45) is 0 Å². The Balaban J connectivity index is 1.80. The number of rotatable bonds is 3. The molecule has 3 rings (SSSR count). The molecule has 17 heavy (non-hydrogen) atoms. The lowest BCUT2D eigenvalue weighted by Gasteiger charge is -2.10. The van der Waals surface area contributed by atoms with Crippen molar-refractivity contribution in [2.75, 3.05) is 0 Å². The van der Waals surface area contributed by atoms with Gasteiger partial charge in [0.25, 0.3) is 0 Å². The van der Waals surface area contributed by atoms with E-state index in [1.807, 2.05) is 22.6 Å². The van der Waals surface area contributed by atoms with E-state index in [-0.39, 0.29) is 0 Å². The number of pyridine rings is 1. The lowest BCUT2D eigenvalue weighted by atomic mass is 10.2. The van der Waals surface area contributed by atoms with Crippen molar-refractivity contribution >= 4 is 17.2 Å². The highest BCUT2D eigenvalue weighted by Crippen LogP contribution is 2.18. The molecule has 0 radical (unpaired) electrons. The minimum absolute atomic E-state index is 0.629. The van der Waals surface area contributed by atoms with Crippen LogP contribution in [0.25, 0.3) is 5.65 Å². The Morgan fingerprint density at radius 1 is 1.29 bits per heavy atom. The molecule has 0 aromatic carbocycles. The molecule has 0 unspecified atom stereocenters. The molecule has 0 aliphatic heterocycles. The van der Waals surface area contributed by atoms with Gasteiger partial charge < -0.3 is 5.32 Å². The van der Waals surface area contributed by atoms with Gasteiger partial charge in [0.15, 0.2) is 11.5 Å². The molecule has 2 heterocycles. The first-order valence-electron chi connectivity index (χ1n) is 6.06. The maximum absolute atomic E-state index is 6.15. The second kappa shape index (κ2) is 4.63. The highest BCUT2D eigenvalue weighted by Gasteiger charge is 2.15. The first-order valence-corrected chi connectivity index (χ1v) is 6.44. The van der Waals surface area contributed by atoms with Crippen LogP contribution in [-0.4, -0.2) is 20.6 Å². The van der Waals surface area contributed by atoms with Crippen LogP contribution in [0.4, 0.5) is 0 Å². The molecule has 1 N–H and O–H groups in total. The maximum Gasteiger partial charge on any atom is 0.161 e. The number of nitrogens with zero attached hydrogens (tertiary/aromatic N) is 3. The zero-order chi connectivity index (χ0) is 11.7. The summed E-state index contributed by atoms with van der Waals surface area (Å²) in [5.41, 5.74) is 0.806. The summed E-state index contributed by atoms with van der Waals surface area (Å²) in [6, 6.07) is 6.29. The van der Waals surface area contributed by atoms with Crippen LogP contribution in [0.5, 0.6) is 0 Å². The van der Waals surface area contributed by atoms with Gasteiger partial charge in [-0.1, -0.05) is 30.5 Å². The summed E-state index contributed by atoms with van der Waals surface area (Å²) in [5.74, 6) is 0.887. The first-order chi connectivity index (χ1) is 8.34. The van der Waals surface area contributed by atoms with E-state index in [1.54, 1.807) is 0 Å². The molecule has 1 aliphatic carbocycles. The van der Waals surface area contributed by atoms with Gasteiger partial charge in [-0.2, -0.15) is 0 Å². The minimum Gasteiger partial charge on any atom is -0.307 e. The standard InChI is InChI=1S/C12H15ClN4/c13-10-6-3-7-11-15-16-12(17(10)11)8-14-9-4-1-2-5-9/h3,6-7,9,14H,1-2,4-5,8H2. The van der Waals surface area contributed by atoms with Crippen molar-refractivity contribution in [1.29, 1.82) is 0 Å². The van der Waals surface area contributed by atoms with E-state index < -0.39 is 0 Å². The lowest BCUT2D eigenvalue weighted by molar-refractivity contribution is 0.512. The second-order valence-corrected chi connectivity index (χ2v) is 4.91. The van der Waals surface area contributed by atoms with Crippen LogP contribution in [-0.2, 0) is 6.54 Å². The van der Waals surface area contributed by atoms with Crippen LogP contribution < -0.4 is 5.32 Å². The minimum atomic E-state index is 0.629. The summed E-state index contributed by atoms with van der Waals surface area (Å²) < 4.78 is 1.89. The molecule has 4 nitrogen and oxygen atoms in total. The van der Waals surface area contributed by atoms with Crippen LogP contribution >= 0.6 is 11.6 Å². The molecule has 2 aromatic heterocycles. The van der Waals surface area contributed by atoms with Crippen molar-refractivity contribution in [1.82, 2.24) is 19.9 Å². The van der Waals surface area contributed by atoms with Gasteiger partial charge in [-0.05, 0) is 25.0 Å². The number of fused-ring (bicyclic) bond motifs is 1. The molecule has 0 saturated heterocycles. The molecule has 1 fully saturated rings. The fourth-order valence-corrected chi connectivity index (χ4v) is 2.70. The van der Waals surface area contributed by atoms with E-state index >= 15 is 0 Å². The normalized spacial score (nSPS) is 17.0. The molecule has 2 aromatic rings. The second-order valence-electron chi connectivity index (χ2n) is 4.52. The van der Waals surface area contributed by atoms with Crippen molar-refractivity contribution in [2.45, 2.75) is 38.3 Å². The average molecular weight is 251 g/mol. The molecular weight excluding hydrogens is 236 g/mol. The van der Waals surface area contributed by atoms with E-state index in [0.29, 0.717) is 11.2 Å². The van der Waals surface area contributed by atoms with Crippen molar-refractivity contribution < 1.29 is 0 Å². The first kappa shape index (κ1) is 11.0. The van der Waals surface area contributed by atoms with Crippen LogP contribution in [0, 0.1) is 0 Å². The number of halogens is 1. The molecule has 1 aliphatic rings. The number of hydrogen-bond acceptors (Lipinski definition) is 3. The topological polar surface area (TPSA) is 42.2 Å². The summed E-state index contributed by atoms with van der Waals surface area (Å²) in [5, 5.41) is 12.5. The Hall–Kier alpha value is -1.13. The fourth-order valence-electron chi connectivity index (χ4n) is 2.44. The van der Waals surface area contributed by atoms with Crippen LogP contribution in [0.3, 0.4) is 0 Å². The number of aromatic nitrogens is 3. The van der Waals surface area contributed by atoms with Crippen LogP contribution in [0.2, 0.25) is 5.15 Å². The van der Waals surface area contributed by atoms with Crippen molar-refractivity contribution in [3.63, 3.8) is 0 Å². The number of nitrogens with one attached hydrogen (secondary N) is 1. The van der Waals surface area contributed by atoms with Crippen molar-refractivity contribution in [3.8, 4) is 0 Å². The van der Waals surface area contributed by atoms with Gasteiger partial charge in [0.1, 0.15) is 5.15 Å². The maximum atomic E-state index is 6.15. The van der Waals surface area contributed by atoms with Gasteiger partial charge in [-0.3, -0.25) is 4.40 Å². The van der Waals surface area contributed by atoms with Gasteiger partial charge in [0.05, 0.1) is 6.54 Å². The molecule has 0 bridgehead atoms. The van der Waals surface area contributed by atoms with E-state index in [0.717, 1.165) is 18.0 Å². The van der Waals surface area contributed by atoms with Gasteiger partial charge >= 0.3 is 0 Å².